The second-order valence-corrected chi connectivity index (χ2v) is 13.6. The minimum atomic E-state index is 1.20. The second-order valence-electron chi connectivity index (χ2n) is 13.6. The van der Waals surface area contributed by atoms with Crippen molar-refractivity contribution in [2.24, 2.45) is 0 Å². The highest BCUT2D eigenvalue weighted by Gasteiger charge is 2.22. The molecule has 0 aliphatic carbocycles. The molecule has 0 bridgehead atoms. The molecule has 10 aromatic rings. The van der Waals surface area contributed by atoms with Gasteiger partial charge >= 0.3 is 0 Å². The largest absolute Gasteiger partial charge is 0.0622 e. The van der Waals surface area contributed by atoms with E-state index < -0.39 is 0 Å². The number of hydrogen-bond donors (Lipinski definition) is 0. The van der Waals surface area contributed by atoms with Crippen LogP contribution in [0.2, 0.25) is 0 Å². The molecule has 0 unspecified atom stereocenters. The standard InChI is InChI=1S/C52H34/c1-3-17-35(18-4-1)38-31-39(36-19-5-2-6-20-36)33-40(32-38)51-47-28-14-11-24-43(47)44-25-12-15-29-48(44)52(51)49-30-16-13-27-46(49)50-34-37-21-7-8-22-41(37)42-23-9-10-26-45(42)50/h1-34H. The minimum absolute atomic E-state index is 1.20. The van der Waals surface area contributed by atoms with E-state index in [0.29, 0.717) is 0 Å². The van der Waals surface area contributed by atoms with Gasteiger partial charge in [0.25, 0.3) is 0 Å². The van der Waals surface area contributed by atoms with Crippen molar-refractivity contribution in [1.82, 2.24) is 0 Å². The molecule has 0 heterocycles. The summed E-state index contributed by atoms with van der Waals surface area (Å²) in [7, 11) is 0. The molecule has 0 saturated heterocycles. The van der Waals surface area contributed by atoms with Crippen LogP contribution in [0.3, 0.4) is 0 Å². The first-order valence-corrected chi connectivity index (χ1v) is 18.0. The summed E-state index contributed by atoms with van der Waals surface area (Å²) in [6.45, 7) is 0. The molecule has 0 spiro atoms. The Kier molecular flexibility index (Phi) is 7.25. The van der Waals surface area contributed by atoms with Gasteiger partial charge in [0.15, 0.2) is 0 Å². The van der Waals surface area contributed by atoms with E-state index in [0.717, 1.165) is 0 Å². The maximum atomic E-state index is 2.40. The van der Waals surface area contributed by atoms with E-state index in [1.54, 1.807) is 0 Å². The molecule has 0 nitrogen and oxygen atoms in total. The average Bonchev–Trinajstić information content (AvgIpc) is 3.23. The molecule has 0 aliphatic heterocycles. The van der Waals surface area contributed by atoms with E-state index in [1.165, 1.54) is 98.7 Å². The van der Waals surface area contributed by atoms with Crippen LogP contribution in [-0.4, -0.2) is 0 Å². The van der Waals surface area contributed by atoms with Crippen LogP contribution in [0.15, 0.2) is 206 Å². The van der Waals surface area contributed by atoms with Gasteiger partial charge in [-0.25, -0.2) is 0 Å². The molecule has 0 atom stereocenters. The molecule has 0 saturated carbocycles. The Hall–Kier alpha value is -6.76. The summed E-state index contributed by atoms with van der Waals surface area (Å²) in [4.78, 5) is 0. The Morgan fingerprint density at radius 1 is 0.192 bits per heavy atom. The first-order valence-electron chi connectivity index (χ1n) is 18.0. The molecule has 10 rings (SSSR count). The summed E-state index contributed by atoms with van der Waals surface area (Å²) >= 11 is 0. The molecule has 0 radical (unpaired) electrons. The van der Waals surface area contributed by atoms with Crippen molar-refractivity contribution in [3.8, 4) is 55.6 Å². The van der Waals surface area contributed by atoms with Crippen molar-refractivity contribution in [2.75, 3.05) is 0 Å². The van der Waals surface area contributed by atoms with E-state index in [2.05, 4.69) is 206 Å². The number of fused-ring (bicyclic) bond motifs is 6. The Bertz CT molecular complexity index is 2880. The highest BCUT2D eigenvalue weighted by Crippen LogP contribution is 2.49. The molecule has 0 N–H and O–H groups in total. The van der Waals surface area contributed by atoms with Crippen molar-refractivity contribution in [2.45, 2.75) is 0 Å². The molecule has 0 heteroatoms. The zero-order chi connectivity index (χ0) is 34.4. The monoisotopic (exact) mass is 658 g/mol. The van der Waals surface area contributed by atoms with Crippen LogP contribution in [0.1, 0.15) is 0 Å². The fourth-order valence-corrected chi connectivity index (χ4v) is 8.30. The summed E-state index contributed by atoms with van der Waals surface area (Å²) in [5.41, 5.74) is 12.2. The maximum absolute atomic E-state index is 2.40. The van der Waals surface area contributed by atoms with E-state index >= 15 is 0 Å². The number of benzene rings is 10. The van der Waals surface area contributed by atoms with Crippen LogP contribution in [0.25, 0.3) is 98.7 Å². The van der Waals surface area contributed by atoms with Gasteiger partial charge in [-0.05, 0) is 123 Å². The van der Waals surface area contributed by atoms with Gasteiger partial charge < -0.3 is 0 Å². The van der Waals surface area contributed by atoms with Crippen LogP contribution in [-0.2, 0) is 0 Å². The molecule has 52 heavy (non-hydrogen) atoms. The zero-order valence-electron chi connectivity index (χ0n) is 28.6. The first kappa shape index (κ1) is 30.1. The van der Waals surface area contributed by atoms with Crippen LogP contribution >= 0.6 is 0 Å². The summed E-state index contributed by atoms with van der Waals surface area (Å²) in [5, 5.41) is 10.1. The molecule has 0 fully saturated rings. The van der Waals surface area contributed by atoms with E-state index in [1.807, 2.05) is 0 Å². The summed E-state index contributed by atoms with van der Waals surface area (Å²) in [6.07, 6.45) is 0. The molecule has 0 amide bonds. The molecule has 0 aromatic heterocycles. The lowest BCUT2D eigenvalue weighted by Crippen LogP contribution is -1.95. The van der Waals surface area contributed by atoms with E-state index in [4.69, 9.17) is 0 Å². The van der Waals surface area contributed by atoms with Crippen LogP contribution < -0.4 is 0 Å². The highest BCUT2D eigenvalue weighted by atomic mass is 14.2. The SMILES string of the molecule is c1ccc(-c2cc(-c3ccccc3)cc(-c3c(-c4ccccc4-c4cc5ccccc5c5ccccc45)c4ccccc4c4ccccc34)c2)cc1. The summed E-state index contributed by atoms with van der Waals surface area (Å²) in [6, 6.07) is 75.7. The van der Waals surface area contributed by atoms with E-state index in [9.17, 15) is 0 Å². The normalized spacial score (nSPS) is 11.5. The smallest absolute Gasteiger partial charge is 0.00141 e. The number of hydrogen-bond acceptors (Lipinski definition) is 0. The fourth-order valence-electron chi connectivity index (χ4n) is 8.30. The molecular weight excluding hydrogens is 625 g/mol. The Morgan fingerprint density at radius 2 is 0.596 bits per heavy atom. The van der Waals surface area contributed by atoms with Gasteiger partial charge in [0, 0.05) is 0 Å². The lowest BCUT2D eigenvalue weighted by Gasteiger charge is -2.22. The topological polar surface area (TPSA) is 0 Å². The van der Waals surface area contributed by atoms with Gasteiger partial charge in [0.2, 0.25) is 0 Å². The fraction of sp³-hybridized carbons (Fsp3) is 0. The van der Waals surface area contributed by atoms with E-state index in [-0.39, 0.29) is 0 Å². The second kappa shape index (κ2) is 12.5. The minimum Gasteiger partial charge on any atom is -0.0622 e. The lowest BCUT2D eigenvalue weighted by atomic mass is 9.81. The number of rotatable bonds is 5. The van der Waals surface area contributed by atoms with Crippen LogP contribution in [0.5, 0.6) is 0 Å². The molecule has 10 aromatic carbocycles. The van der Waals surface area contributed by atoms with Crippen LogP contribution in [0, 0.1) is 0 Å². The predicted molar refractivity (Wildman–Crippen MR) is 224 cm³/mol. The maximum Gasteiger partial charge on any atom is -0.00141 e. The predicted octanol–water partition coefficient (Wildman–Crippen LogP) is 14.6. The van der Waals surface area contributed by atoms with Gasteiger partial charge in [-0.1, -0.05) is 182 Å². The third kappa shape index (κ3) is 5.00. The van der Waals surface area contributed by atoms with Gasteiger partial charge in [0.1, 0.15) is 0 Å². The zero-order valence-corrected chi connectivity index (χ0v) is 28.6. The van der Waals surface area contributed by atoms with Crippen molar-refractivity contribution >= 4 is 43.1 Å². The Morgan fingerprint density at radius 3 is 1.19 bits per heavy atom. The van der Waals surface area contributed by atoms with Crippen molar-refractivity contribution in [3.05, 3.63) is 206 Å². The quantitative estimate of drug-likeness (QED) is 0.161. The third-order valence-corrected chi connectivity index (χ3v) is 10.6. The van der Waals surface area contributed by atoms with Crippen molar-refractivity contribution in [1.29, 1.82) is 0 Å². The highest BCUT2D eigenvalue weighted by molar-refractivity contribution is 6.24. The van der Waals surface area contributed by atoms with Gasteiger partial charge in [-0.15, -0.1) is 0 Å². The molecule has 242 valence electrons. The summed E-state index contributed by atoms with van der Waals surface area (Å²) < 4.78 is 0. The van der Waals surface area contributed by atoms with Crippen LogP contribution in [0.4, 0.5) is 0 Å². The first-order chi connectivity index (χ1) is 25.8. The lowest BCUT2D eigenvalue weighted by molar-refractivity contribution is 1.57. The summed E-state index contributed by atoms with van der Waals surface area (Å²) in [5.74, 6) is 0. The van der Waals surface area contributed by atoms with Gasteiger partial charge in [0.05, 0.1) is 0 Å². The molecular formula is C52H34. The van der Waals surface area contributed by atoms with Gasteiger partial charge in [-0.2, -0.15) is 0 Å². The third-order valence-electron chi connectivity index (χ3n) is 10.6. The van der Waals surface area contributed by atoms with Gasteiger partial charge in [-0.3, -0.25) is 0 Å². The van der Waals surface area contributed by atoms with Crippen molar-refractivity contribution < 1.29 is 0 Å². The Labute approximate surface area is 303 Å². The Balaban J connectivity index is 1.36. The molecule has 0 aliphatic rings. The average molecular weight is 659 g/mol. The van der Waals surface area contributed by atoms with Crippen molar-refractivity contribution in [3.63, 3.8) is 0 Å².